The second-order valence-electron chi connectivity index (χ2n) is 5.98. The van der Waals surface area contributed by atoms with Gasteiger partial charge in [-0.2, -0.15) is 0 Å². The molecular weight excluding hydrogens is 255 g/mol. The number of imidazole rings is 1. The van der Waals surface area contributed by atoms with Crippen LogP contribution in [0.2, 0.25) is 0 Å². The molecule has 4 nitrogen and oxygen atoms in total. The van der Waals surface area contributed by atoms with Gasteiger partial charge in [-0.05, 0) is 50.4 Å². The molecule has 0 saturated carbocycles. The number of aromatic nitrogens is 2. The van der Waals surface area contributed by atoms with Crippen molar-refractivity contribution in [1.82, 2.24) is 14.5 Å². The highest BCUT2D eigenvalue weighted by molar-refractivity contribution is 5.78. The van der Waals surface area contributed by atoms with Crippen LogP contribution in [-0.2, 0) is 0 Å². The predicted octanol–water partition coefficient (Wildman–Crippen LogP) is 2.56. The summed E-state index contributed by atoms with van der Waals surface area (Å²) in [5.74, 6) is 0.291. The lowest BCUT2D eigenvalue weighted by atomic mass is 9.97. The van der Waals surface area contributed by atoms with Gasteiger partial charge in [-0.25, -0.2) is 9.37 Å². The number of nitrogens with zero attached hydrogens (tertiary/aromatic N) is 3. The normalized spacial score (nSPS) is 27.1. The number of benzene rings is 1. The number of halogens is 1. The zero-order valence-corrected chi connectivity index (χ0v) is 11.4. The lowest BCUT2D eigenvalue weighted by Crippen LogP contribution is -2.38. The Kier molecular flexibility index (Phi) is 2.70. The largest absolute Gasteiger partial charge is 0.369 e. The molecule has 2 unspecified atom stereocenters. The molecule has 0 radical (unpaired) electrons. The van der Waals surface area contributed by atoms with Gasteiger partial charge in [0.15, 0.2) is 0 Å². The van der Waals surface area contributed by atoms with Gasteiger partial charge in [0.2, 0.25) is 5.95 Å². The topological polar surface area (TPSA) is 47.1 Å². The van der Waals surface area contributed by atoms with Crippen LogP contribution in [0, 0.1) is 5.82 Å². The molecule has 0 amide bonds. The summed E-state index contributed by atoms with van der Waals surface area (Å²) in [6, 6.07) is 5.72. The molecule has 2 saturated heterocycles. The van der Waals surface area contributed by atoms with Crippen molar-refractivity contribution in [3.63, 3.8) is 0 Å². The van der Waals surface area contributed by atoms with E-state index in [4.69, 9.17) is 5.73 Å². The van der Waals surface area contributed by atoms with E-state index in [1.807, 2.05) is 4.57 Å². The first-order chi connectivity index (χ1) is 9.72. The molecule has 5 heteroatoms. The van der Waals surface area contributed by atoms with Crippen molar-refractivity contribution in [3.8, 4) is 0 Å². The molecule has 1 aromatic carbocycles. The lowest BCUT2D eigenvalue weighted by Gasteiger charge is -2.35. The van der Waals surface area contributed by atoms with E-state index in [0.29, 0.717) is 18.0 Å². The van der Waals surface area contributed by atoms with E-state index < -0.39 is 0 Å². The number of piperidine rings is 1. The Morgan fingerprint density at radius 3 is 3.00 bits per heavy atom. The van der Waals surface area contributed by atoms with Gasteiger partial charge in [-0.1, -0.05) is 0 Å². The first kappa shape index (κ1) is 12.1. The van der Waals surface area contributed by atoms with Crippen LogP contribution in [0.25, 0.3) is 11.0 Å². The van der Waals surface area contributed by atoms with Crippen molar-refractivity contribution in [1.29, 1.82) is 0 Å². The van der Waals surface area contributed by atoms with Gasteiger partial charge in [0.25, 0.3) is 0 Å². The van der Waals surface area contributed by atoms with Gasteiger partial charge in [0, 0.05) is 18.6 Å². The quantitative estimate of drug-likeness (QED) is 0.869. The van der Waals surface area contributed by atoms with Crippen LogP contribution in [-0.4, -0.2) is 33.6 Å². The molecule has 2 fully saturated rings. The third kappa shape index (κ3) is 1.80. The minimum Gasteiger partial charge on any atom is -0.369 e. The molecule has 3 heterocycles. The minimum atomic E-state index is -0.225. The van der Waals surface area contributed by atoms with E-state index in [2.05, 4.69) is 9.88 Å². The van der Waals surface area contributed by atoms with E-state index in [9.17, 15) is 4.39 Å². The Bertz CT molecular complexity index is 651. The summed E-state index contributed by atoms with van der Waals surface area (Å²) in [5.41, 5.74) is 7.71. The molecular formula is C15H19FN4. The van der Waals surface area contributed by atoms with E-state index in [1.165, 1.54) is 25.5 Å². The minimum absolute atomic E-state index is 0.225. The highest BCUT2D eigenvalue weighted by Crippen LogP contribution is 2.36. The first-order valence-corrected chi connectivity index (χ1v) is 7.39. The van der Waals surface area contributed by atoms with Crippen LogP contribution >= 0.6 is 0 Å². The summed E-state index contributed by atoms with van der Waals surface area (Å²) in [7, 11) is 0. The van der Waals surface area contributed by atoms with Gasteiger partial charge in [0.05, 0.1) is 11.0 Å². The molecule has 2 aliphatic heterocycles. The molecule has 20 heavy (non-hydrogen) atoms. The van der Waals surface area contributed by atoms with Crippen molar-refractivity contribution >= 4 is 17.0 Å². The Balaban J connectivity index is 1.74. The molecule has 0 spiro atoms. The zero-order valence-electron chi connectivity index (χ0n) is 11.4. The van der Waals surface area contributed by atoms with Crippen LogP contribution in [0.15, 0.2) is 18.2 Å². The summed E-state index contributed by atoms with van der Waals surface area (Å²) in [4.78, 5) is 6.95. The highest BCUT2D eigenvalue weighted by atomic mass is 19.1. The van der Waals surface area contributed by atoms with Gasteiger partial charge in [0.1, 0.15) is 5.82 Å². The second-order valence-corrected chi connectivity index (χ2v) is 5.98. The molecule has 1 aromatic heterocycles. The van der Waals surface area contributed by atoms with Crippen LogP contribution in [0.4, 0.5) is 10.3 Å². The van der Waals surface area contributed by atoms with Crippen LogP contribution in [0.3, 0.4) is 0 Å². The smallest absolute Gasteiger partial charge is 0.201 e. The fraction of sp³-hybridized carbons (Fsp3) is 0.533. The molecule has 0 aliphatic carbocycles. The Hall–Kier alpha value is -1.62. The first-order valence-electron chi connectivity index (χ1n) is 7.39. The van der Waals surface area contributed by atoms with Crippen molar-refractivity contribution in [2.75, 3.05) is 18.8 Å². The van der Waals surface area contributed by atoms with Gasteiger partial charge < -0.3 is 15.2 Å². The Labute approximate surface area is 117 Å². The van der Waals surface area contributed by atoms with Crippen molar-refractivity contribution in [2.45, 2.75) is 37.8 Å². The Morgan fingerprint density at radius 2 is 2.10 bits per heavy atom. The van der Waals surface area contributed by atoms with E-state index in [0.717, 1.165) is 30.4 Å². The van der Waals surface area contributed by atoms with Gasteiger partial charge >= 0.3 is 0 Å². The number of hydrogen-bond acceptors (Lipinski definition) is 3. The summed E-state index contributed by atoms with van der Waals surface area (Å²) in [5, 5.41) is 0. The van der Waals surface area contributed by atoms with Crippen molar-refractivity contribution in [2.24, 2.45) is 0 Å². The lowest BCUT2D eigenvalue weighted by molar-refractivity contribution is 0.158. The van der Waals surface area contributed by atoms with Gasteiger partial charge in [-0.15, -0.1) is 0 Å². The molecule has 106 valence electrons. The number of hydrogen-bond donors (Lipinski definition) is 1. The summed E-state index contributed by atoms with van der Waals surface area (Å²) >= 11 is 0. The highest BCUT2D eigenvalue weighted by Gasteiger charge is 2.33. The molecule has 0 bridgehead atoms. The van der Waals surface area contributed by atoms with E-state index >= 15 is 0 Å². The van der Waals surface area contributed by atoms with Crippen molar-refractivity contribution in [3.05, 3.63) is 24.0 Å². The standard InChI is InChI=1S/C15H19FN4/c16-10-3-4-13-14(8-10)20(15(17)18-13)12-5-7-19-6-1-2-11(19)9-12/h3-4,8,11-12H,1-2,5-7,9H2,(H2,17,18). The zero-order chi connectivity index (χ0) is 13.7. The number of nitrogens with two attached hydrogens (primary N) is 1. The maximum Gasteiger partial charge on any atom is 0.201 e. The molecule has 2 aromatic rings. The average Bonchev–Trinajstić information content (AvgIpc) is 3.00. The molecule has 4 rings (SSSR count). The number of nitrogen functional groups attached to an aromatic ring is 1. The fourth-order valence-corrected chi connectivity index (χ4v) is 3.91. The summed E-state index contributed by atoms with van der Waals surface area (Å²) in [6.45, 7) is 2.34. The third-order valence-electron chi connectivity index (χ3n) is 4.84. The third-order valence-corrected chi connectivity index (χ3v) is 4.84. The number of rotatable bonds is 1. The molecule has 2 atom stereocenters. The van der Waals surface area contributed by atoms with Crippen LogP contribution in [0.1, 0.15) is 31.7 Å². The fourth-order valence-electron chi connectivity index (χ4n) is 3.91. The SMILES string of the molecule is Nc1nc2ccc(F)cc2n1C1CCN2CCCC2C1. The predicted molar refractivity (Wildman–Crippen MR) is 77.0 cm³/mol. The van der Waals surface area contributed by atoms with Crippen LogP contribution < -0.4 is 5.73 Å². The number of fused-ring (bicyclic) bond motifs is 2. The van der Waals surface area contributed by atoms with E-state index in [-0.39, 0.29) is 5.82 Å². The maximum atomic E-state index is 13.5. The van der Waals surface area contributed by atoms with Crippen LogP contribution in [0.5, 0.6) is 0 Å². The molecule has 2 aliphatic rings. The summed E-state index contributed by atoms with van der Waals surface area (Å²) < 4.78 is 15.6. The van der Waals surface area contributed by atoms with E-state index in [1.54, 1.807) is 12.1 Å². The maximum absolute atomic E-state index is 13.5. The Morgan fingerprint density at radius 1 is 1.20 bits per heavy atom. The second kappa shape index (κ2) is 4.45. The summed E-state index contributed by atoms with van der Waals surface area (Å²) in [6.07, 6.45) is 4.75. The number of anilines is 1. The van der Waals surface area contributed by atoms with Gasteiger partial charge in [-0.3, -0.25) is 0 Å². The average molecular weight is 274 g/mol. The molecule has 2 N–H and O–H groups in total. The monoisotopic (exact) mass is 274 g/mol. The van der Waals surface area contributed by atoms with Crippen molar-refractivity contribution < 1.29 is 4.39 Å².